The van der Waals surface area contributed by atoms with Crippen LogP contribution in [-0.2, 0) is 14.8 Å². The van der Waals surface area contributed by atoms with Crippen LogP contribution in [0.25, 0.3) is 10.2 Å². The van der Waals surface area contributed by atoms with Gasteiger partial charge in [0.15, 0.2) is 5.13 Å². The molecule has 1 atom stereocenters. The van der Waals surface area contributed by atoms with E-state index in [1.807, 2.05) is 24.0 Å². The number of hydrogen-bond donors (Lipinski definition) is 0. The van der Waals surface area contributed by atoms with Gasteiger partial charge in [0, 0.05) is 32.7 Å². The van der Waals surface area contributed by atoms with Crippen LogP contribution in [0.1, 0.15) is 24.0 Å². The van der Waals surface area contributed by atoms with Crippen molar-refractivity contribution in [2.24, 2.45) is 0 Å². The van der Waals surface area contributed by atoms with Crippen molar-refractivity contribution < 1.29 is 17.9 Å². The lowest BCUT2D eigenvalue weighted by atomic mass is 10.2. The maximum atomic E-state index is 13.4. The van der Waals surface area contributed by atoms with E-state index in [9.17, 15) is 13.2 Å². The third kappa shape index (κ3) is 4.39. The number of anilines is 1. The van der Waals surface area contributed by atoms with E-state index in [-0.39, 0.29) is 10.8 Å². The minimum absolute atomic E-state index is 0.0975. The van der Waals surface area contributed by atoms with Gasteiger partial charge in [-0.2, -0.15) is 4.31 Å². The summed E-state index contributed by atoms with van der Waals surface area (Å²) in [5.74, 6) is 0.665. The number of carbonyl (C=O) groups is 1. The summed E-state index contributed by atoms with van der Waals surface area (Å²) in [5, 5.41) is 0.921. The lowest BCUT2D eigenvalue weighted by Gasteiger charge is -2.37. The van der Waals surface area contributed by atoms with Crippen molar-refractivity contribution in [1.82, 2.24) is 14.2 Å². The topological polar surface area (TPSA) is 83.0 Å². The molecule has 1 amide bonds. The van der Waals surface area contributed by atoms with Crippen LogP contribution < -0.4 is 9.64 Å². The quantitative estimate of drug-likeness (QED) is 0.519. The molecular formula is C25H30N4O4S2. The third-order valence-electron chi connectivity index (χ3n) is 6.89. The van der Waals surface area contributed by atoms with Crippen molar-refractivity contribution >= 4 is 42.6 Å². The number of sulfonamides is 1. The van der Waals surface area contributed by atoms with Crippen molar-refractivity contribution in [2.75, 3.05) is 44.7 Å². The van der Waals surface area contributed by atoms with Gasteiger partial charge in [0.05, 0.1) is 16.7 Å². The molecule has 2 saturated heterocycles. The molecule has 0 bridgehead atoms. The maximum Gasteiger partial charge on any atom is 0.243 e. The Bertz CT molecular complexity index is 1350. The highest BCUT2D eigenvalue weighted by atomic mass is 32.2. The number of aryl methyl sites for hydroxylation is 2. The van der Waals surface area contributed by atoms with Crippen molar-refractivity contribution in [3.63, 3.8) is 0 Å². The summed E-state index contributed by atoms with van der Waals surface area (Å²) in [7, 11) is -2.06. The second-order valence-corrected chi connectivity index (χ2v) is 12.0. The molecule has 35 heavy (non-hydrogen) atoms. The number of benzene rings is 2. The average Bonchev–Trinajstić information content (AvgIpc) is 3.53. The number of amides is 1. The first-order chi connectivity index (χ1) is 16.8. The minimum atomic E-state index is -3.71. The van der Waals surface area contributed by atoms with Crippen LogP contribution in [0.15, 0.2) is 41.3 Å². The van der Waals surface area contributed by atoms with Crippen LogP contribution >= 0.6 is 11.3 Å². The van der Waals surface area contributed by atoms with Gasteiger partial charge in [0.1, 0.15) is 17.3 Å². The Morgan fingerprint density at radius 1 is 1.03 bits per heavy atom. The molecule has 0 aliphatic carbocycles. The fraction of sp³-hybridized carbons (Fsp3) is 0.440. The lowest BCUT2D eigenvalue weighted by Crippen LogP contribution is -2.54. The lowest BCUT2D eigenvalue weighted by molar-refractivity contribution is -0.134. The molecule has 186 valence electrons. The van der Waals surface area contributed by atoms with Gasteiger partial charge in [0.2, 0.25) is 15.9 Å². The zero-order valence-electron chi connectivity index (χ0n) is 20.2. The van der Waals surface area contributed by atoms with E-state index in [0.717, 1.165) is 32.2 Å². The molecule has 10 heteroatoms. The van der Waals surface area contributed by atoms with Gasteiger partial charge in [0.25, 0.3) is 0 Å². The molecule has 0 spiro atoms. The Labute approximate surface area is 210 Å². The first-order valence-electron chi connectivity index (χ1n) is 11.9. The number of nitrogens with zero attached hydrogens (tertiary/aromatic N) is 4. The summed E-state index contributed by atoms with van der Waals surface area (Å²) < 4.78 is 34.5. The van der Waals surface area contributed by atoms with E-state index < -0.39 is 16.1 Å². The van der Waals surface area contributed by atoms with E-state index in [2.05, 4.69) is 11.8 Å². The molecule has 1 unspecified atom stereocenters. The number of aromatic nitrogens is 1. The molecule has 0 saturated carbocycles. The van der Waals surface area contributed by atoms with Crippen LogP contribution in [0, 0.1) is 13.8 Å². The Kier molecular flexibility index (Phi) is 6.45. The molecule has 3 heterocycles. The van der Waals surface area contributed by atoms with Gasteiger partial charge in [-0.1, -0.05) is 35.1 Å². The Hall–Kier alpha value is -2.69. The number of ether oxygens (including phenoxy) is 1. The second kappa shape index (κ2) is 9.40. The summed E-state index contributed by atoms with van der Waals surface area (Å²) in [6.07, 6.45) is 1.25. The molecule has 1 aromatic heterocycles. The highest BCUT2D eigenvalue weighted by Gasteiger charge is 2.41. The number of methoxy groups -OCH3 is 1. The summed E-state index contributed by atoms with van der Waals surface area (Å²) in [6, 6.07) is 10.2. The SMILES string of the molecule is COc1ccc(C)c2sc(N3CCN(C(=O)C4CCCN4S(=O)(=O)c4ccc(C)cc4)CC3)nc12. The molecule has 2 aliphatic rings. The van der Waals surface area contributed by atoms with E-state index in [0.29, 0.717) is 45.6 Å². The maximum absolute atomic E-state index is 13.4. The van der Waals surface area contributed by atoms with Crippen LogP contribution in [0.4, 0.5) is 5.13 Å². The normalized spacial score (nSPS) is 19.5. The number of fused-ring (bicyclic) bond motifs is 1. The van der Waals surface area contributed by atoms with Crippen LogP contribution in [-0.4, -0.2) is 74.4 Å². The summed E-state index contributed by atoms with van der Waals surface area (Å²) in [4.78, 5) is 22.5. The van der Waals surface area contributed by atoms with Crippen LogP contribution in [0.5, 0.6) is 5.75 Å². The van der Waals surface area contributed by atoms with Crippen LogP contribution in [0.2, 0.25) is 0 Å². The second-order valence-electron chi connectivity index (χ2n) is 9.16. The molecule has 2 aromatic carbocycles. The molecule has 0 radical (unpaired) electrons. The van der Waals surface area contributed by atoms with Crippen molar-refractivity contribution in [3.8, 4) is 5.75 Å². The first-order valence-corrected chi connectivity index (χ1v) is 14.1. The summed E-state index contributed by atoms with van der Waals surface area (Å²) >= 11 is 1.64. The number of rotatable bonds is 5. The van der Waals surface area contributed by atoms with Gasteiger partial charge in [-0.3, -0.25) is 4.79 Å². The predicted molar refractivity (Wildman–Crippen MR) is 138 cm³/mol. The third-order valence-corrected chi connectivity index (χ3v) is 10.1. The van der Waals surface area contributed by atoms with E-state index >= 15 is 0 Å². The number of piperazine rings is 1. The number of thiazole rings is 1. The average molecular weight is 515 g/mol. The molecular weight excluding hydrogens is 484 g/mol. The largest absolute Gasteiger partial charge is 0.494 e. The smallest absolute Gasteiger partial charge is 0.243 e. The number of hydrogen-bond acceptors (Lipinski definition) is 7. The highest BCUT2D eigenvalue weighted by molar-refractivity contribution is 7.89. The molecule has 2 aliphatic heterocycles. The zero-order chi connectivity index (χ0) is 24.7. The first kappa shape index (κ1) is 24.0. The van der Waals surface area contributed by atoms with Crippen molar-refractivity contribution in [3.05, 3.63) is 47.5 Å². The summed E-state index contributed by atoms with van der Waals surface area (Å²) in [6.45, 7) is 6.76. The Morgan fingerprint density at radius 3 is 2.43 bits per heavy atom. The van der Waals surface area contributed by atoms with E-state index in [1.54, 1.807) is 42.7 Å². The molecule has 2 fully saturated rings. The minimum Gasteiger partial charge on any atom is -0.494 e. The Balaban J connectivity index is 1.29. The molecule has 5 rings (SSSR count). The fourth-order valence-corrected chi connectivity index (χ4v) is 7.60. The fourth-order valence-electron chi connectivity index (χ4n) is 4.85. The van der Waals surface area contributed by atoms with Crippen molar-refractivity contribution in [2.45, 2.75) is 37.6 Å². The zero-order valence-corrected chi connectivity index (χ0v) is 21.9. The van der Waals surface area contributed by atoms with Gasteiger partial charge in [-0.05, 0) is 50.5 Å². The highest BCUT2D eigenvalue weighted by Crippen LogP contribution is 2.37. The molecule has 3 aromatic rings. The van der Waals surface area contributed by atoms with Gasteiger partial charge < -0.3 is 14.5 Å². The predicted octanol–water partition coefficient (Wildman–Crippen LogP) is 3.42. The van der Waals surface area contributed by atoms with Gasteiger partial charge in [-0.25, -0.2) is 13.4 Å². The summed E-state index contributed by atoms with van der Waals surface area (Å²) in [5.41, 5.74) is 3.03. The van der Waals surface area contributed by atoms with E-state index in [4.69, 9.17) is 9.72 Å². The van der Waals surface area contributed by atoms with Crippen LogP contribution in [0.3, 0.4) is 0 Å². The standard InChI is InChI=1S/C25H30N4O4S2/c1-17-6-9-19(10-7-17)35(31,32)29-12-4-5-20(29)24(30)27-13-15-28(16-14-27)25-26-22-21(33-3)11-8-18(2)23(22)34-25/h6-11,20H,4-5,12-16H2,1-3H3. The van der Waals surface area contributed by atoms with Gasteiger partial charge in [-0.15, -0.1) is 0 Å². The van der Waals surface area contributed by atoms with Gasteiger partial charge >= 0.3 is 0 Å². The van der Waals surface area contributed by atoms with E-state index in [1.165, 1.54) is 4.31 Å². The monoisotopic (exact) mass is 514 g/mol. The Morgan fingerprint density at radius 2 is 1.74 bits per heavy atom. The number of carbonyl (C=O) groups excluding carboxylic acids is 1. The molecule has 0 N–H and O–H groups in total. The van der Waals surface area contributed by atoms with Crippen molar-refractivity contribution in [1.29, 1.82) is 0 Å². The molecule has 8 nitrogen and oxygen atoms in total.